The Bertz CT molecular complexity index is 741. The molecule has 130 valence electrons. The standard InChI is InChI=1S/C15H18N2O6S/c1-11(10-16)23-15(18)3-2-6-17-24(19,20)12-4-5-13-14(9-12)22-8-7-21-13/h4-5,9,11,17H,2-3,6-8H2,1H3/t11-/m1/s1. The fourth-order valence-corrected chi connectivity index (χ4v) is 3.08. The number of esters is 1. The number of sulfonamides is 1. The summed E-state index contributed by atoms with van der Waals surface area (Å²) in [6.45, 7) is 2.33. The Balaban J connectivity index is 1.86. The highest BCUT2D eigenvalue weighted by atomic mass is 32.2. The first kappa shape index (κ1) is 18.0. The van der Waals surface area contributed by atoms with Gasteiger partial charge in [-0.25, -0.2) is 13.1 Å². The number of nitrogens with zero attached hydrogens (tertiary/aromatic N) is 1. The van der Waals surface area contributed by atoms with Crippen molar-refractivity contribution in [3.63, 3.8) is 0 Å². The molecule has 0 aliphatic carbocycles. The van der Waals surface area contributed by atoms with Gasteiger partial charge in [0.15, 0.2) is 17.6 Å². The maximum Gasteiger partial charge on any atom is 0.307 e. The van der Waals surface area contributed by atoms with Gasteiger partial charge >= 0.3 is 5.97 Å². The van der Waals surface area contributed by atoms with Gasteiger partial charge in [0.1, 0.15) is 19.3 Å². The van der Waals surface area contributed by atoms with Crippen LogP contribution < -0.4 is 14.2 Å². The summed E-state index contributed by atoms with van der Waals surface area (Å²) in [4.78, 5) is 11.4. The van der Waals surface area contributed by atoms with Crippen LogP contribution in [0.4, 0.5) is 0 Å². The van der Waals surface area contributed by atoms with Crippen molar-refractivity contribution in [2.24, 2.45) is 0 Å². The molecule has 1 heterocycles. The lowest BCUT2D eigenvalue weighted by molar-refractivity contribution is -0.145. The van der Waals surface area contributed by atoms with E-state index in [2.05, 4.69) is 4.72 Å². The average Bonchev–Trinajstić information content (AvgIpc) is 2.58. The van der Waals surface area contributed by atoms with Gasteiger partial charge in [-0.15, -0.1) is 0 Å². The second-order valence-electron chi connectivity index (χ2n) is 5.07. The molecule has 0 saturated heterocycles. The molecule has 1 N–H and O–H groups in total. The van der Waals surface area contributed by atoms with E-state index in [1.54, 1.807) is 12.1 Å². The average molecular weight is 354 g/mol. The monoisotopic (exact) mass is 354 g/mol. The minimum Gasteiger partial charge on any atom is -0.486 e. The van der Waals surface area contributed by atoms with Crippen LogP contribution >= 0.6 is 0 Å². The van der Waals surface area contributed by atoms with Crippen LogP contribution in [0.25, 0.3) is 0 Å². The van der Waals surface area contributed by atoms with Gasteiger partial charge < -0.3 is 14.2 Å². The molecule has 0 fully saturated rings. The van der Waals surface area contributed by atoms with E-state index in [1.807, 2.05) is 0 Å². The fourth-order valence-electron chi connectivity index (χ4n) is 2.00. The van der Waals surface area contributed by atoms with Crippen molar-refractivity contribution in [2.75, 3.05) is 19.8 Å². The zero-order chi connectivity index (χ0) is 17.6. The zero-order valence-electron chi connectivity index (χ0n) is 13.1. The molecule has 0 unspecified atom stereocenters. The third kappa shape index (κ3) is 4.84. The van der Waals surface area contributed by atoms with E-state index in [9.17, 15) is 13.2 Å². The van der Waals surface area contributed by atoms with E-state index >= 15 is 0 Å². The maximum atomic E-state index is 12.2. The van der Waals surface area contributed by atoms with Gasteiger partial charge in [-0.3, -0.25) is 4.79 Å². The van der Waals surface area contributed by atoms with Gasteiger partial charge in [0, 0.05) is 19.0 Å². The first-order valence-electron chi connectivity index (χ1n) is 7.41. The molecule has 0 saturated carbocycles. The number of ether oxygens (including phenoxy) is 3. The second-order valence-corrected chi connectivity index (χ2v) is 6.83. The Morgan fingerprint density at radius 2 is 2.08 bits per heavy atom. The molecule has 0 aromatic heterocycles. The van der Waals surface area contributed by atoms with Crippen molar-refractivity contribution in [1.82, 2.24) is 4.72 Å². The third-order valence-electron chi connectivity index (χ3n) is 3.16. The highest BCUT2D eigenvalue weighted by molar-refractivity contribution is 7.89. The summed E-state index contributed by atoms with van der Waals surface area (Å²) in [5.41, 5.74) is 0. The molecule has 0 bridgehead atoms. The van der Waals surface area contributed by atoms with Gasteiger partial charge in [-0.2, -0.15) is 5.26 Å². The van der Waals surface area contributed by atoms with E-state index in [1.165, 1.54) is 19.1 Å². The van der Waals surface area contributed by atoms with E-state index in [4.69, 9.17) is 19.5 Å². The molecule has 1 atom stereocenters. The lowest BCUT2D eigenvalue weighted by atomic mass is 10.3. The van der Waals surface area contributed by atoms with Gasteiger partial charge in [-0.05, 0) is 25.5 Å². The minimum atomic E-state index is -3.71. The van der Waals surface area contributed by atoms with E-state index < -0.39 is 22.1 Å². The van der Waals surface area contributed by atoms with Gasteiger partial charge in [0.25, 0.3) is 0 Å². The van der Waals surface area contributed by atoms with Crippen molar-refractivity contribution in [1.29, 1.82) is 5.26 Å². The Kier molecular flexibility index (Phi) is 6.00. The molecule has 2 rings (SSSR count). The van der Waals surface area contributed by atoms with Gasteiger partial charge in [0.05, 0.1) is 4.90 Å². The molecule has 8 nitrogen and oxygen atoms in total. The lowest BCUT2D eigenvalue weighted by Gasteiger charge is -2.18. The van der Waals surface area contributed by atoms with Crippen LogP contribution in [-0.2, 0) is 19.6 Å². The topological polar surface area (TPSA) is 115 Å². The van der Waals surface area contributed by atoms with Crippen LogP contribution in [0.2, 0.25) is 0 Å². The van der Waals surface area contributed by atoms with Crippen LogP contribution in [0.3, 0.4) is 0 Å². The van der Waals surface area contributed by atoms with Crippen LogP contribution in [0.5, 0.6) is 11.5 Å². The molecular weight excluding hydrogens is 336 g/mol. The predicted octanol–water partition coefficient (Wildman–Crippen LogP) is 0.972. The number of hydrogen-bond donors (Lipinski definition) is 1. The number of nitrogens with one attached hydrogen (secondary N) is 1. The molecule has 1 aromatic carbocycles. The number of fused-ring (bicyclic) bond motifs is 1. The molecule has 0 spiro atoms. The maximum absolute atomic E-state index is 12.2. The first-order chi connectivity index (χ1) is 11.4. The first-order valence-corrected chi connectivity index (χ1v) is 8.89. The second kappa shape index (κ2) is 7.99. The minimum absolute atomic E-state index is 0.0235. The summed E-state index contributed by atoms with van der Waals surface area (Å²) in [5, 5.41) is 8.53. The Hall–Kier alpha value is -2.31. The van der Waals surface area contributed by atoms with Crippen molar-refractivity contribution >= 4 is 16.0 Å². The smallest absolute Gasteiger partial charge is 0.307 e. The van der Waals surface area contributed by atoms with E-state index in [0.717, 1.165) is 0 Å². The number of carbonyl (C=O) groups is 1. The lowest BCUT2D eigenvalue weighted by Crippen LogP contribution is -2.26. The zero-order valence-corrected chi connectivity index (χ0v) is 14.0. The molecule has 0 radical (unpaired) electrons. The Morgan fingerprint density at radius 3 is 2.79 bits per heavy atom. The Labute approximate surface area is 140 Å². The quantitative estimate of drug-likeness (QED) is 0.573. The van der Waals surface area contributed by atoms with Gasteiger partial charge in [0.2, 0.25) is 10.0 Å². The molecule has 1 aliphatic rings. The van der Waals surface area contributed by atoms with Crippen LogP contribution in [0.15, 0.2) is 23.1 Å². The van der Waals surface area contributed by atoms with Crippen molar-refractivity contribution in [3.8, 4) is 17.6 Å². The number of carbonyl (C=O) groups excluding carboxylic acids is 1. The van der Waals surface area contributed by atoms with E-state index in [0.29, 0.717) is 24.7 Å². The number of nitriles is 1. The van der Waals surface area contributed by atoms with Crippen LogP contribution in [0.1, 0.15) is 19.8 Å². The number of rotatable bonds is 7. The molecule has 9 heteroatoms. The van der Waals surface area contributed by atoms with Crippen molar-refractivity contribution in [3.05, 3.63) is 18.2 Å². The summed E-state index contributed by atoms with van der Waals surface area (Å²) < 4.78 is 42.3. The predicted molar refractivity (Wildman–Crippen MR) is 83.0 cm³/mol. The highest BCUT2D eigenvalue weighted by Gasteiger charge is 2.19. The van der Waals surface area contributed by atoms with Crippen molar-refractivity contribution < 1.29 is 27.4 Å². The largest absolute Gasteiger partial charge is 0.486 e. The number of benzene rings is 1. The molecule has 0 amide bonds. The fraction of sp³-hybridized carbons (Fsp3) is 0.467. The Morgan fingerprint density at radius 1 is 1.38 bits per heavy atom. The summed E-state index contributed by atoms with van der Waals surface area (Å²) in [5.74, 6) is 0.357. The van der Waals surface area contributed by atoms with Crippen LogP contribution in [-0.4, -0.2) is 40.2 Å². The normalized spacial score (nSPS) is 14.5. The van der Waals surface area contributed by atoms with Crippen molar-refractivity contribution in [2.45, 2.75) is 30.8 Å². The molecule has 24 heavy (non-hydrogen) atoms. The SMILES string of the molecule is C[C@H](C#N)OC(=O)CCCNS(=O)(=O)c1ccc2c(c1)OCCO2. The highest BCUT2D eigenvalue weighted by Crippen LogP contribution is 2.32. The molecular formula is C15H18N2O6S. The summed E-state index contributed by atoms with van der Waals surface area (Å²) >= 11 is 0. The molecule has 1 aliphatic heterocycles. The van der Waals surface area contributed by atoms with Crippen LogP contribution in [0, 0.1) is 11.3 Å². The summed E-state index contributed by atoms with van der Waals surface area (Å²) in [6.07, 6.45) is -0.525. The van der Waals surface area contributed by atoms with Gasteiger partial charge in [-0.1, -0.05) is 0 Å². The summed E-state index contributed by atoms with van der Waals surface area (Å²) in [6, 6.07) is 6.16. The third-order valence-corrected chi connectivity index (χ3v) is 4.62. The number of hydrogen-bond acceptors (Lipinski definition) is 7. The summed E-state index contributed by atoms with van der Waals surface area (Å²) in [7, 11) is -3.71. The van der Waals surface area contributed by atoms with E-state index in [-0.39, 0.29) is 24.3 Å². The molecule has 1 aromatic rings.